The average Bonchev–Trinajstić information content (AvgIpc) is 2.44. The lowest BCUT2D eigenvalue weighted by Crippen LogP contribution is -2.29. The van der Waals surface area contributed by atoms with Gasteiger partial charge in [0.2, 0.25) is 0 Å². The van der Waals surface area contributed by atoms with Crippen molar-refractivity contribution in [2.75, 3.05) is 0 Å². The smallest absolute Gasteiger partial charge is 0.123 e. The molecule has 1 aromatic heterocycles. The Kier molecular flexibility index (Phi) is 3.91. The minimum atomic E-state index is -0.307. The first-order chi connectivity index (χ1) is 8.76. The second-order valence-electron chi connectivity index (χ2n) is 4.49. The molecule has 0 fully saturated rings. The fraction of sp³-hybridized carbons (Fsp3) is 0.333. The topological polar surface area (TPSA) is 48.7 Å². The van der Waals surface area contributed by atoms with Gasteiger partial charge in [-0.2, -0.15) is 5.26 Å². The molecule has 0 saturated heterocycles. The van der Waals surface area contributed by atoms with E-state index in [1.54, 1.807) is 6.20 Å². The van der Waals surface area contributed by atoms with Crippen LogP contribution in [0.25, 0.3) is 10.8 Å². The van der Waals surface area contributed by atoms with E-state index in [-0.39, 0.29) is 6.04 Å². The van der Waals surface area contributed by atoms with E-state index in [1.807, 2.05) is 30.5 Å². The van der Waals surface area contributed by atoms with Crippen LogP contribution in [0, 0.1) is 11.3 Å². The van der Waals surface area contributed by atoms with Gasteiger partial charge in [-0.3, -0.25) is 10.3 Å². The van der Waals surface area contributed by atoms with E-state index in [1.165, 1.54) is 0 Å². The van der Waals surface area contributed by atoms with E-state index in [4.69, 9.17) is 0 Å². The highest BCUT2D eigenvalue weighted by Gasteiger charge is 2.15. The molecule has 0 saturated carbocycles. The molecular weight excluding hydrogens is 222 g/mol. The van der Waals surface area contributed by atoms with Gasteiger partial charge in [0, 0.05) is 29.4 Å². The molecule has 92 valence electrons. The number of hydrogen-bond acceptors (Lipinski definition) is 3. The molecule has 0 aliphatic carbocycles. The van der Waals surface area contributed by atoms with E-state index in [0.717, 1.165) is 22.8 Å². The Balaban J connectivity index is 2.43. The Labute approximate surface area is 107 Å². The van der Waals surface area contributed by atoms with Gasteiger partial charge in [-0.05, 0) is 18.7 Å². The largest absolute Gasteiger partial charge is 0.296 e. The number of nitrogens with zero attached hydrogens (tertiary/aromatic N) is 2. The van der Waals surface area contributed by atoms with Crippen molar-refractivity contribution in [3.63, 3.8) is 0 Å². The van der Waals surface area contributed by atoms with Crippen molar-refractivity contribution in [3.8, 4) is 6.07 Å². The third-order valence-corrected chi connectivity index (χ3v) is 3.20. The molecule has 0 bridgehead atoms. The molecule has 0 aliphatic rings. The zero-order chi connectivity index (χ0) is 13.0. The van der Waals surface area contributed by atoms with Gasteiger partial charge in [-0.1, -0.05) is 31.2 Å². The quantitative estimate of drug-likeness (QED) is 0.891. The van der Waals surface area contributed by atoms with Crippen molar-refractivity contribution in [2.24, 2.45) is 0 Å². The summed E-state index contributed by atoms with van der Waals surface area (Å²) in [6.07, 6.45) is 4.61. The van der Waals surface area contributed by atoms with Gasteiger partial charge in [0.05, 0.1) is 6.07 Å². The number of aromatic nitrogens is 1. The van der Waals surface area contributed by atoms with Gasteiger partial charge in [0.1, 0.15) is 6.04 Å². The van der Waals surface area contributed by atoms with Gasteiger partial charge in [-0.25, -0.2) is 0 Å². The first-order valence-corrected chi connectivity index (χ1v) is 6.24. The second kappa shape index (κ2) is 5.61. The monoisotopic (exact) mass is 239 g/mol. The summed E-state index contributed by atoms with van der Waals surface area (Å²) in [5, 5.41) is 14.8. The molecule has 3 nitrogen and oxygen atoms in total. The molecule has 0 radical (unpaired) electrons. The lowest BCUT2D eigenvalue weighted by Gasteiger charge is -2.18. The van der Waals surface area contributed by atoms with Crippen LogP contribution in [0.4, 0.5) is 0 Å². The fourth-order valence-electron chi connectivity index (χ4n) is 1.97. The highest BCUT2D eigenvalue weighted by atomic mass is 14.9. The molecule has 2 unspecified atom stereocenters. The van der Waals surface area contributed by atoms with Gasteiger partial charge in [0.15, 0.2) is 0 Å². The molecule has 2 aromatic rings. The minimum absolute atomic E-state index is 0.307. The second-order valence-corrected chi connectivity index (χ2v) is 4.49. The maximum Gasteiger partial charge on any atom is 0.123 e. The van der Waals surface area contributed by atoms with Crippen molar-refractivity contribution in [1.82, 2.24) is 10.3 Å². The van der Waals surface area contributed by atoms with Gasteiger partial charge in [-0.15, -0.1) is 0 Å². The zero-order valence-corrected chi connectivity index (χ0v) is 10.7. The molecule has 0 spiro atoms. The van der Waals surface area contributed by atoms with E-state index in [0.29, 0.717) is 6.04 Å². The lowest BCUT2D eigenvalue weighted by atomic mass is 10.0. The van der Waals surface area contributed by atoms with Gasteiger partial charge < -0.3 is 0 Å². The molecule has 2 rings (SSSR count). The van der Waals surface area contributed by atoms with Crippen molar-refractivity contribution < 1.29 is 0 Å². The Hall–Kier alpha value is -1.92. The Morgan fingerprint density at radius 3 is 2.83 bits per heavy atom. The summed E-state index contributed by atoms with van der Waals surface area (Å²) in [6.45, 7) is 4.19. The van der Waals surface area contributed by atoms with Crippen molar-refractivity contribution >= 4 is 10.8 Å². The van der Waals surface area contributed by atoms with E-state index < -0.39 is 0 Å². The zero-order valence-electron chi connectivity index (χ0n) is 10.7. The van der Waals surface area contributed by atoms with E-state index in [9.17, 15) is 5.26 Å². The van der Waals surface area contributed by atoms with Crippen LogP contribution in [0.5, 0.6) is 0 Å². The van der Waals surface area contributed by atoms with Crippen LogP contribution in [-0.2, 0) is 0 Å². The molecule has 0 amide bonds. The van der Waals surface area contributed by atoms with Crippen LogP contribution < -0.4 is 5.32 Å². The van der Waals surface area contributed by atoms with E-state index in [2.05, 4.69) is 30.2 Å². The standard InChI is InChI=1S/C15H17N3/c1-3-11(2)18-15(8-16)14-10-17-9-12-6-4-5-7-13(12)14/h4-7,9-11,15,18H,3H2,1-2H3. The summed E-state index contributed by atoms with van der Waals surface area (Å²) in [6, 6.07) is 10.4. The molecule has 3 heteroatoms. The predicted molar refractivity (Wildman–Crippen MR) is 73.0 cm³/mol. The van der Waals surface area contributed by atoms with Crippen LogP contribution >= 0.6 is 0 Å². The maximum atomic E-state index is 9.34. The maximum absolute atomic E-state index is 9.34. The number of nitrogens with one attached hydrogen (secondary N) is 1. The number of benzene rings is 1. The molecular formula is C15H17N3. The summed E-state index contributed by atoms with van der Waals surface area (Å²) in [7, 11) is 0. The summed E-state index contributed by atoms with van der Waals surface area (Å²) < 4.78 is 0. The number of nitriles is 1. The normalized spacial score (nSPS) is 14.1. The Bertz CT molecular complexity index is 566. The molecule has 0 aliphatic heterocycles. The van der Waals surface area contributed by atoms with E-state index >= 15 is 0 Å². The van der Waals surface area contributed by atoms with Crippen molar-refractivity contribution in [2.45, 2.75) is 32.4 Å². The first-order valence-electron chi connectivity index (χ1n) is 6.24. The number of pyridine rings is 1. The summed E-state index contributed by atoms with van der Waals surface area (Å²) in [5.41, 5.74) is 0.955. The molecule has 18 heavy (non-hydrogen) atoms. The summed E-state index contributed by atoms with van der Waals surface area (Å²) in [5.74, 6) is 0. The molecule has 1 N–H and O–H groups in total. The molecule has 1 heterocycles. The third-order valence-electron chi connectivity index (χ3n) is 3.20. The van der Waals surface area contributed by atoms with Crippen LogP contribution in [0.15, 0.2) is 36.7 Å². The minimum Gasteiger partial charge on any atom is -0.296 e. The SMILES string of the molecule is CCC(C)NC(C#N)c1cncc2ccccc12. The highest BCUT2D eigenvalue weighted by molar-refractivity contribution is 5.85. The van der Waals surface area contributed by atoms with Crippen molar-refractivity contribution in [3.05, 3.63) is 42.2 Å². The Morgan fingerprint density at radius 1 is 1.33 bits per heavy atom. The fourth-order valence-corrected chi connectivity index (χ4v) is 1.97. The van der Waals surface area contributed by atoms with Crippen molar-refractivity contribution in [1.29, 1.82) is 5.26 Å². The van der Waals surface area contributed by atoms with Gasteiger partial charge >= 0.3 is 0 Å². The number of rotatable bonds is 4. The van der Waals surface area contributed by atoms with Crippen LogP contribution in [-0.4, -0.2) is 11.0 Å². The molecule has 1 aromatic carbocycles. The third kappa shape index (κ3) is 2.49. The van der Waals surface area contributed by atoms with Crippen LogP contribution in [0.1, 0.15) is 31.9 Å². The average molecular weight is 239 g/mol. The highest BCUT2D eigenvalue weighted by Crippen LogP contribution is 2.23. The lowest BCUT2D eigenvalue weighted by molar-refractivity contribution is 0.502. The van der Waals surface area contributed by atoms with Crippen LogP contribution in [0.3, 0.4) is 0 Å². The summed E-state index contributed by atoms with van der Waals surface area (Å²) >= 11 is 0. The first kappa shape index (κ1) is 12.5. The molecule has 2 atom stereocenters. The predicted octanol–water partition coefficient (Wildman–Crippen LogP) is 3.19. The number of fused-ring (bicyclic) bond motifs is 1. The van der Waals surface area contributed by atoms with Gasteiger partial charge in [0.25, 0.3) is 0 Å². The number of hydrogen-bond donors (Lipinski definition) is 1. The summed E-state index contributed by atoms with van der Waals surface area (Å²) in [4.78, 5) is 4.22. The van der Waals surface area contributed by atoms with Crippen LogP contribution in [0.2, 0.25) is 0 Å². The Morgan fingerprint density at radius 2 is 2.11 bits per heavy atom.